The van der Waals surface area contributed by atoms with E-state index in [1.54, 1.807) is 0 Å². The van der Waals surface area contributed by atoms with Crippen molar-refractivity contribution in [2.45, 2.75) is 51.3 Å². The minimum atomic E-state index is -3.66. The summed E-state index contributed by atoms with van der Waals surface area (Å²) in [4.78, 5) is 16.8. The number of aliphatic hydroxyl groups is 1. The maximum atomic E-state index is 13.8. The fourth-order valence-corrected chi connectivity index (χ4v) is 5.57. The van der Waals surface area contributed by atoms with Gasteiger partial charge in [0.05, 0.1) is 17.9 Å². The first-order chi connectivity index (χ1) is 18.6. The number of oxazole rings is 1. The van der Waals surface area contributed by atoms with Gasteiger partial charge in [0.15, 0.2) is 5.69 Å². The van der Waals surface area contributed by atoms with Gasteiger partial charge in [0.25, 0.3) is 5.91 Å². The summed E-state index contributed by atoms with van der Waals surface area (Å²) in [6, 6.07) is 9.66. The number of aliphatic hydroxyl groups excluding tert-OH is 1. The maximum absolute atomic E-state index is 13.8. The Hall–Kier alpha value is -3.35. The molecule has 1 aliphatic carbocycles. The number of anilines is 1. The predicted molar refractivity (Wildman–Crippen MR) is 141 cm³/mol. The number of hydrogen-bond acceptors (Lipinski definition) is 7. The minimum Gasteiger partial charge on any atom is -0.431 e. The molecule has 0 saturated heterocycles. The van der Waals surface area contributed by atoms with Gasteiger partial charge in [0, 0.05) is 19.2 Å². The quantitative estimate of drug-likeness (QED) is 0.237. The molecule has 2 atom stereocenters. The molecule has 4 rings (SSSR count). The van der Waals surface area contributed by atoms with Crippen LogP contribution in [-0.2, 0) is 29.4 Å². The molecule has 0 bridgehead atoms. The zero-order valence-electron chi connectivity index (χ0n) is 21.5. The molecule has 12 heteroatoms. The number of carbonyl (C=O) groups is 1. The lowest BCUT2D eigenvalue weighted by molar-refractivity contribution is 0.0825. The molecule has 3 aromatic rings. The Labute approximate surface area is 226 Å². The Morgan fingerprint density at radius 3 is 2.54 bits per heavy atom. The van der Waals surface area contributed by atoms with Gasteiger partial charge >= 0.3 is 6.01 Å². The highest BCUT2D eigenvalue weighted by Crippen LogP contribution is 2.30. The summed E-state index contributed by atoms with van der Waals surface area (Å²) in [5.74, 6) is -2.25. The van der Waals surface area contributed by atoms with Crippen molar-refractivity contribution >= 4 is 21.9 Å². The van der Waals surface area contributed by atoms with E-state index in [4.69, 9.17) is 4.42 Å². The van der Waals surface area contributed by atoms with E-state index in [1.165, 1.54) is 5.56 Å². The third-order valence-corrected chi connectivity index (χ3v) is 7.77. The molecule has 1 aliphatic rings. The lowest BCUT2D eigenvalue weighted by Gasteiger charge is -2.24. The molecule has 39 heavy (non-hydrogen) atoms. The van der Waals surface area contributed by atoms with Gasteiger partial charge in [-0.15, -0.1) is 0 Å². The first-order valence-corrected chi connectivity index (χ1v) is 14.4. The Balaban J connectivity index is 1.42. The summed E-state index contributed by atoms with van der Waals surface area (Å²) in [5.41, 5.74) is 2.22. The highest BCUT2D eigenvalue weighted by molar-refractivity contribution is 7.92. The molecular formula is C27H32F2N4O5S. The number of aryl methyl sites for hydroxylation is 1. The largest absolute Gasteiger partial charge is 0.431 e. The van der Waals surface area contributed by atoms with E-state index >= 15 is 0 Å². The molecule has 0 spiro atoms. The minimum absolute atomic E-state index is 0.0505. The third-order valence-electron chi connectivity index (χ3n) is 6.37. The molecule has 0 aliphatic heterocycles. The Kier molecular flexibility index (Phi) is 9.31. The summed E-state index contributed by atoms with van der Waals surface area (Å²) >= 11 is 0. The average Bonchev–Trinajstić information content (AvgIpc) is 3.55. The maximum Gasteiger partial charge on any atom is 0.309 e. The lowest BCUT2D eigenvalue weighted by Crippen LogP contribution is -2.48. The average molecular weight is 563 g/mol. The molecule has 1 aromatic heterocycles. The van der Waals surface area contributed by atoms with Gasteiger partial charge in [-0.2, -0.15) is 4.98 Å². The van der Waals surface area contributed by atoms with Crippen molar-refractivity contribution < 1.29 is 31.5 Å². The Morgan fingerprint density at radius 2 is 1.85 bits per heavy atom. The second-order valence-electron chi connectivity index (χ2n) is 9.80. The van der Waals surface area contributed by atoms with Gasteiger partial charge in [0.2, 0.25) is 10.0 Å². The molecule has 1 heterocycles. The summed E-state index contributed by atoms with van der Waals surface area (Å²) in [6.07, 6.45) is 2.36. The van der Waals surface area contributed by atoms with Crippen LogP contribution in [0.15, 0.2) is 53.1 Å². The third kappa shape index (κ3) is 8.84. The molecule has 1 fully saturated rings. The van der Waals surface area contributed by atoms with Crippen LogP contribution in [-0.4, -0.2) is 48.9 Å². The van der Waals surface area contributed by atoms with Crippen molar-refractivity contribution in [3.63, 3.8) is 0 Å². The molecule has 210 valence electrons. The van der Waals surface area contributed by atoms with Gasteiger partial charge in [0.1, 0.15) is 17.9 Å². The second kappa shape index (κ2) is 12.7. The van der Waals surface area contributed by atoms with Crippen LogP contribution in [0.5, 0.6) is 0 Å². The zero-order chi connectivity index (χ0) is 28.0. The van der Waals surface area contributed by atoms with Gasteiger partial charge in [-0.05, 0) is 60.4 Å². The highest BCUT2D eigenvalue weighted by atomic mass is 32.2. The van der Waals surface area contributed by atoms with Gasteiger partial charge < -0.3 is 20.2 Å². The number of carbonyl (C=O) groups excluding carboxylic acids is 1. The number of nitrogens with zero attached hydrogens (tertiary/aromatic N) is 1. The highest BCUT2D eigenvalue weighted by Gasteiger charge is 2.29. The SMILES string of the molecule is CCc1cccc(CNC[C@H](O)[C@H](Cc2cc(F)cc(F)c2)NC(=O)c2coc(NS(=O)(=O)CC3CC3)n2)c1. The Bertz CT molecular complexity index is 1370. The van der Waals surface area contributed by atoms with Crippen molar-refractivity contribution in [1.82, 2.24) is 15.6 Å². The van der Waals surface area contributed by atoms with E-state index in [0.29, 0.717) is 6.54 Å². The normalized spacial score (nSPS) is 15.1. The van der Waals surface area contributed by atoms with Gasteiger partial charge in [-0.25, -0.2) is 21.9 Å². The van der Waals surface area contributed by atoms with Crippen LogP contribution in [0.2, 0.25) is 0 Å². The molecule has 2 aromatic carbocycles. The van der Waals surface area contributed by atoms with Crippen LogP contribution in [0.3, 0.4) is 0 Å². The molecular weight excluding hydrogens is 530 g/mol. The molecule has 9 nitrogen and oxygen atoms in total. The van der Waals surface area contributed by atoms with Crippen LogP contribution in [0.25, 0.3) is 0 Å². The zero-order valence-corrected chi connectivity index (χ0v) is 22.3. The number of hydrogen-bond donors (Lipinski definition) is 4. The van der Waals surface area contributed by atoms with E-state index in [-0.39, 0.29) is 41.9 Å². The molecule has 4 N–H and O–H groups in total. The number of rotatable bonds is 14. The summed E-state index contributed by atoms with van der Waals surface area (Å²) in [6.45, 7) is 2.60. The predicted octanol–water partition coefficient (Wildman–Crippen LogP) is 3.16. The number of benzene rings is 2. The molecule has 0 radical (unpaired) electrons. The van der Waals surface area contributed by atoms with Crippen LogP contribution in [0, 0.1) is 17.6 Å². The van der Waals surface area contributed by atoms with E-state index in [9.17, 15) is 27.1 Å². The van der Waals surface area contributed by atoms with Crippen molar-refractivity contribution in [3.8, 4) is 0 Å². The molecule has 1 amide bonds. The van der Waals surface area contributed by atoms with Gasteiger partial charge in [-0.3, -0.25) is 4.79 Å². The Morgan fingerprint density at radius 1 is 1.13 bits per heavy atom. The summed E-state index contributed by atoms with van der Waals surface area (Å²) in [7, 11) is -3.66. The smallest absolute Gasteiger partial charge is 0.309 e. The van der Waals surface area contributed by atoms with Crippen molar-refractivity contribution in [1.29, 1.82) is 0 Å². The van der Waals surface area contributed by atoms with Crippen molar-refractivity contribution in [2.24, 2.45) is 5.92 Å². The fourth-order valence-electron chi connectivity index (χ4n) is 4.17. The van der Waals surface area contributed by atoms with E-state index in [2.05, 4.69) is 33.3 Å². The number of aromatic nitrogens is 1. The van der Waals surface area contributed by atoms with Gasteiger partial charge in [-0.1, -0.05) is 31.2 Å². The first-order valence-electron chi connectivity index (χ1n) is 12.8. The van der Waals surface area contributed by atoms with E-state index < -0.39 is 39.7 Å². The van der Waals surface area contributed by atoms with Crippen molar-refractivity contribution in [3.05, 3.63) is 82.7 Å². The van der Waals surface area contributed by atoms with Crippen LogP contribution < -0.4 is 15.4 Å². The molecule has 0 unspecified atom stereocenters. The monoisotopic (exact) mass is 562 g/mol. The molecule has 1 saturated carbocycles. The fraction of sp³-hybridized carbons (Fsp3) is 0.407. The van der Waals surface area contributed by atoms with E-state index in [0.717, 1.165) is 49.3 Å². The number of nitrogens with one attached hydrogen (secondary N) is 3. The van der Waals surface area contributed by atoms with E-state index in [1.807, 2.05) is 18.2 Å². The number of halogens is 2. The van der Waals surface area contributed by atoms with Crippen molar-refractivity contribution in [2.75, 3.05) is 17.0 Å². The first kappa shape index (κ1) is 28.7. The van der Waals surface area contributed by atoms with Crippen LogP contribution >= 0.6 is 0 Å². The van der Waals surface area contributed by atoms with Crippen LogP contribution in [0.4, 0.5) is 14.8 Å². The second-order valence-corrected chi connectivity index (χ2v) is 11.6. The van der Waals surface area contributed by atoms with Crippen LogP contribution in [0.1, 0.15) is 46.9 Å². The summed E-state index contributed by atoms with van der Waals surface area (Å²) in [5, 5.41) is 16.7. The number of amides is 1. The standard InChI is InChI=1S/C27H32F2N4O5S/c1-2-17-4-3-5-19(8-17)13-30-14-25(34)23(11-20-9-21(28)12-22(29)10-20)31-26(35)24-15-38-27(32-24)33-39(36,37)16-18-6-7-18/h3-5,8-10,12,15,18,23,25,30,34H,2,6-7,11,13-14,16H2,1H3,(H,31,35)(H,32,33)/t23-,25-/m0/s1. The number of sulfonamides is 1. The summed E-state index contributed by atoms with van der Waals surface area (Å²) < 4.78 is 59.3. The topological polar surface area (TPSA) is 134 Å². The lowest BCUT2D eigenvalue weighted by atomic mass is 10.00.